The molecule has 1 aromatic carbocycles. The van der Waals surface area contributed by atoms with Gasteiger partial charge in [0.1, 0.15) is 5.82 Å². The van der Waals surface area contributed by atoms with Gasteiger partial charge in [0.05, 0.1) is 0 Å². The van der Waals surface area contributed by atoms with Crippen LogP contribution in [0.1, 0.15) is 45.6 Å². The number of allylic oxidation sites excluding steroid dienone is 4. The molecule has 5 heteroatoms. The topological polar surface area (TPSA) is 31.4 Å². The van der Waals surface area contributed by atoms with Crippen LogP contribution in [0.3, 0.4) is 0 Å². The van der Waals surface area contributed by atoms with E-state index in [2.05, 4.69) is 115 Å². The molecule has 0 atom stereocenters. The summed E-state index contributed by atoms with van der Waals surface area (Å²) in [6.07, 6.45) is 15.1. The molecule has 0 bridgehead atoms. The van der Waals surface area contributed by atoms with Gasteiger partial charge in [-0.3, -0.25) is 0 Å². The van der Waals surface area contributed by atoms with Gasteiger partial charge in [-0.2, -0.15) is 0 Å². The van der Waals surface area contributed by atoms with E-state index in [9.17, 15) is 0 Å². The summed E-state index contributed by atoms with van der Waals surface area (Å²) in [5.41, 5.74) is 3.71. The maximum atomic E-state index is 4.67. The maximum Gasteiger partial charge on any atom is 0.128 e. The third-order valence-electron chi connectivity index (χ3n) is 6.95. The predicted octanol–water partition coefficient (Wildman–Crippen LogP) is 5.96. The standard InChI is InChI=1S/C32H44N4S/c1-7-21-37-31(9-3)27(8-2)23-28-24-29(13-12-25(28)4)33-17-10-11-26-14-18-34-32(22-26)36-19-15-30(16-20-36)35(5)6/h7-9,12-14,18,21-24,30,33H,4,10-11,15-17,19-20H2,1-3,5-6H3/b21-7?,27-8?,28-23-,31-9-. The van der Waals surface area contributed by atoms with E-state index >= 15 is 0 Å². The largest absolute Gasteiger partial charge is 0.385 e. The Morgan fingerprint density at radius 3 is 2.59 bits per heavy atom. The molecule has 0 amide bonds. The third-order valence-corrected chi connectivity index (χ3v) is 8.08. The Bertz CT molecular complexity index is 1200. The number of benzene rings is 1. The molecule has 1 aromatic heterocycles. The second-order valence-corrected chi connectivity index (χ2v) is 10.7. The van der Waals surface area contributed by atoms with Crippen molar-refractivity contribution in [3.8, 4) is 0 Å². The molecule has 37 heavy (non-hydrogen) atoms. The van der Waals surface area contributed by atoms with Crippen LogP contribution >= 0.6 is 11.8 Å². The quantitative estimate of drug-likeness (QED) is 0.294. The predicted molar refractivity (Wildman–Crippen MR) is 166 cm³/mol. The highest BCUT2D eigenvalue weighted by Crippen LogP contribution is 2.26. The van der Waals surface area contributed by atoms with Gasteiger partial charge in [0.15, 0.2) is 0 Å². The van der Waals surface area contributed by atoms with E-state index in [-0.39, 0.29) is 0 Å². The van der Waals surface area contributed by atoms with Gasteiger partial charge in [-0.05, 0) is 118 Å². The average Bonchev–Trinajstić information content (AvgIpc) is 2.92. The molecule has 0 unspecified atom stereocenters. The fourth-order valence-corrected chi connectivity index (χ4v) is 5.40. The van der Waals surface area contributed by atoms with Crippen molar-refractivity contribution in [3.05, 3.63) is 86.6 Å². The number of nitrogens with zero attached hydrogens (tertiary/aromatic N) is 3. The van der Waals surface area contributed by atoms with Crippen LogP contribution in [0.25, 0.3) is 12.7 Å². The highest BCUT2D eigenvalue weighted by atomic mass is 32.2. The van der Waals surface area contributed by atoms with Gasteiger partial charge in [0.25, 0.3) is 0 Å². The Morgan fingerprint density at radius 1 is 1.14 bits per heavy atom. The number of hydrogen-bond donors (Lipinski definition) is 1. The van der Waals surface area contributed by atoms with Crippen LogP contribution in [0.15, 0.2) is 70.6 Å². The SMILES string of the molecule is C=c1ccc(NCCCc2ccnc(N3CCC(N(C)C)CC3)c2)c/c1=C/C(=CC)/C(=C/C)SC=CC. The third kappa shape index (κ3) is 8.65. The molecule has 1 aliphatic heterocycles. The Labute approximate surface area is 228 Å². The minimum Gasteiger partial charge on any atom is -0.385 e. The van der Waals surface area contributed by atoms with E-state index in [4.69, 9.17) is 0 Å². The lowest BCUT2D eigenvalue weighted by Crippen LogP contribution is -2.42. The van der Waals surface area contributed by atoms with E-state index in [1.54, 1.807) is 11.8 Å². The molecule has 0 radical (unpaired) electrons. The van der Waals surface area contributed by atoms with Crippen LogP contribution in [-0.2, 0) is 6.42 Å². The van der Waals surface area contributed by atoms with Crippen LogP contribution in [-0.4, -0.2) is 49.7 Å². The first-order valence-corrected chi connectivity index (χ1v) is 14.3. The smallest absolute Gasteiger partial charge is 0.128 e. The van der Waals surface area contributed by atoms with Crippen molar-refractivity contribution in [3.63, 3.8) is 0 Å². The highest BCUT2D eigenvalue weighted by Gasteiger charge is 2.21. The Morgan fingerprint density at radius 2 is 1.92 bits per heavy atom. The molecule has 1 N–H and O–H groups in total. The van der Waals surface area contributed by atoms with E-state index in [1.165, 1.54) is 28.9 Å². The Kier molecular flexibility index (Phi) is 11.6. The van der Waals surface area contributed by atoms with Crippen LogP contribution in [0.5, 0.6) is 0 Å². The summed E-state index contributed by atoms with van der Waals surface area (Å²) in [7, 11) is 4.37. The second-order valence-electron chi connectivity index (χ2n) is 9.78. The Hall–Kier alpha value is -2.76. The van der Waals surface area contributed by atoms with Gasteiger partial charge in [0.2, 0.25) is 0 Å². The molecule has 2 aromatic rings. The van der Waals surface area contributed by atoms with Crippen molar-refractivity contribution in [2.24, 2.45) is 0 Å². The normalized spacial score (nSPS) is 16.3. The fraction of sp³-hybridized carbons (Fsp3) is 0.406. The lowest BCUT2D eigenvalue weighted by Gasteiger charge is -2.35. The summed E-state index contributed by atoms with van der Waals surface area (Å²) >= 11 is 1.74. The average molecular weight is 517 g/mol. The van der Waals surface area contributed by atoms with Crippen molar-refractivity contribution < 1.29 is 0 Å². The lowest BCUT2D eigenvalue weighted by molar-refractivity contribution is 0.249. The van der Waals surface area contributed by atoms with E-state index in [1.807, 2.05) is 13.1 Å². The summed E-state index contributed by atoms with van der Waals surface area (Å²) in [5.74, 6) is 1.13. The molecule has 0 saturated carbocycles. The van der Waals surface area contributed by atoms with Crippen LogP contribution in [0, 0.1) is 0 Å². The van der Waals surface area contributed by atoms with Crippen LogP contribution < -0.4 is 20.7 Å². The first-order chi connectivity index (χ1) is 17.9. The molecule has 1 fully saturated rings. The summed E-state index contributed by atoms with van der Waals surface area (Å²) in [6, 6.07) is 11.6. The van der Waals surface area contributed by atoms with Gasteiger partial charge in [-0.15, -0.1) is 0 Å². The fourth-order valence-electron chi connectivity index (χ4n) is 4.67. The number of aryl methyl sites for hydroxylation is 1. The highest BCUT2D eigenvalue weighted by molar-refractivity contribution is 8.06. The number of rotatable bonds is 11. The zero-order valence-corrected chi connectivity index (χ0v) is 24.2. The molecular weight excluding hydrogens is 472 g/mol. The molecule has 198 valence electrons. The maximum absolute atomic E-state index is 4.67. The van der Waals surface area contributed by atoms with Gasteiger partial charge in [-0.1, -0.05) is 42.6 Å². The number of aromatic nitrogens is 1. The van der Waals surface area contributed by atoms with Crippen molar-refractivity contribution >= 4 is 35.9 Å². The zero-order chi connectivity index (χ0) is 26.6. The molecular formula is C32H44N4S. The molecule has 0 spiro atoms. The lowest BCUT2D eigenvalue weighted by atomic mass is 10.0. The molecule has 1 saturated heterocycles. The van der Waals surface area contributed by atoms with Gasteiger partial charge < -0.3 is 15.1 Å². The van der Waals surface area contributed by atoms with Crippen LogP contribution in [0.2, 0.25) is 0 Å². The van der Waals surface area contributed by atoms with E-state index in [0.29, 0.717) is 6.04 Å². The van der Waals surface area contributed by atoms with Crippen molar-refractivity contribution in [2.45, 2.75) is 52.5 Å². The zero-order valence-electron chi connectivity index (χ0n) is 23.3. The summed E-state index contributed by atoms with van der Waals surface area (Å²) in [6.45, 7) is 13.6. The summed E-state index contributed by atoms with van der Waals surface area (Å²) in [4.78, 5) is 10.7. The van der Waals surface area contributed by atoms with Gasteiger partial charge >= 0.3 is 0 Å². The number of anilines is 2. The monoisotopic (exact) mass is 516 g/mol. The number of hydrogen-bond acceptors (Lipinski definition) is 5. The molecule has 4 nitrogen and oxygen atoms in total. The number of piperidine rings is 1. The van der Waals surface area contributed by atoms with E-state index < -0.39 is 0 Å². The van der Waals surface area contributed by atoms with Crippen molar-refractivity contribution in [1.82, 2.24) is 9.88 Å². The number of nitrogens with one attached hydrogen (secondary N) is 1. The molecule has 1 aliphatic rings. The van der Waals surface area contributed by atoms with Crippen molar-refractivity contribution in [2.75, 3.05) is 43.9 Å². The first kappa shape index (κ1) is 28.8. The Balaban J connectivity index is 1.57. The van der Waals surface area contributed by atoms with Crippen molar-refractivity contribution in [1.29, 1.82) is 0 Å². The molecule has 0 aliphatic carbocycles. The molecule has 3 rings (SSSR count). The minimum absolute atomic E-state index is 0.688. The van der Waals surface area contributed by atoms with Gasteiger partial charge in [0, 0.05) is 42.5 Å². The van der Waals surface area contributed by atoms with E-state index in [0.717, 1.165) is 54.4 Å². The summed E-state index contributed by atoms with van der Waals surface area (Å²) < 4.78 is 0. The second kappa shape index (κ2) is 14.8. The number of pyridine rings is 1. The number of thioether (sulfide) groups is 1. The van der Waals surface area contributed by atoms with Crippen LogP contribution in [0.4, 0.5) is 11.5 Å². The first-order valence-electron chi connectivity index (χ1n) is 13.5. The molecule has 2 heterocycles. The summed E-state index contributed by atoms with van der Waals surface area (Å²) in [5, 5.41) is 7.92. The van der Waals surface area contributed by atoms with Gasteiger partial charge in [-0.25, -0.2) is 4.98 Å². The minimum atomic E-state index is 0.688.